The van der Waals surface area contributed by atoms with Crippen LogP contribution in [0.15, 0.2) is 36.7 Å². The third kappa shape index (κ3) is 2.15. The molecule has 0 saturated heterocycles. The summed E-state index contributed by atoms with van der Waals surface area (Å²) in [6.07, 6.45) is 4.44. The Labute approximate surface area is 148 Å². The number of pyridine rings is 1. The first-order valence-electron chi connectivity index (χ1n) is 9.02. The molecule has 0 unspecified atom stereocenters. The summed E-state index contributed by atoms with van der Waals surface area (Å²) in [6.45, 7) is 11.9. The minimum atomic E-state index is 0.324. The molecule has 2 aromatic heterocycles. The molecule has 0 bridgehead atoms. The van der Waals surface area contributed by atoms with E-state index in [1.165, 1.54) is 38.3 Å². The summed E-state index contributed by atoms with van der Waals surface area (Å²) in [5.41, 5.74) is 5.07. The maximum absolute atomic E-state index is 10.0. The molecule has 25 heavy (non-hydrogen) atoms. The van der Waals surface area contributed by atoms with Crippen molar-refractivity contribution in [2.45, 2.75) is 47.2 Å². The van der Waals surface area contributed by atoms with Crippen LogP contribution in [0.1, 0.15) is 37.9 Å². The fourth-order valence-corrected chi connectivity index (χ4v) is 4.16. The first kappa shape index (κ1) is 15.9. The van der Waals surface area contributed by atoms with Crippen LogP contribution in [0.25, 0.3) is 32.6 Å². The summed E-state index contributed by atoms with van der Waals surface area (Å²) in [5.74, 6) is 0.324. The van der Waals surface area contributed by atoms with Crippen molar-refractivity contribution in [2.24, 2.45) is 0 Å². The fourth-order valence-electron chi connectivity index (χ4n) is 4.16. The molecule has 4 aromatic rings. The van der Waals surface area contributed by atoms with Gasteiger partial charge in [-0.15, -0.1) is 0 Å². The molecule has 0 atom stereocenters. The smallest absolute Gasteiger partial charge is 0.177 e. The largest absolute Gasteiger partial charge is 0.508 e. The van der Waals surface area contributed by atoms with Crippen LogP contribution in [0.5, 0.6) is 5.75 Å². The first-order chi connectivity index (χ1) is 11.9. The number of phenols is 1. The number of hydrogen-bond donors (Lipinski definition) is 1. The second kappa shape index (κ2) is 5.48. The van der Waals surface area contributed by atoms with Gasteiger partial charge < -0.3 is 9.67 Å². The van der Waals surface area contributed by atoms with Gasteiger partial charge in [0.1, 0.15) is 5.75 Å². The molecule has 4 rings (SSSR count). The van der Waals surface area contributed by atoms with Gasteiger partial charge in [-0.3, -0.25) is 0 Å². The highest BCUT2D eigenvalue weighted by atomic mass is 16.3. The molecule has 2 heterocycles. The van der Waals surface area contributed by atoms with Crippen molar-refractivity contribution in [1.82, 2.24) is 4.57 Å². The number of aryl methyl sites for hydroxylation is 3. The average molecular weight is 333 g/mol. The number of hydrogen-bond acceptors (Lipinski definition) is 1. The third-order valence-electron chi connectivity index (χ3n) is 5.48. The average Bonchev–Trinajstić information content (AvgIpc) is 2.92. The van der Waals surface area contributed by atoms with Gasteiger partial charge in [0.05, 0.1) is 5.52 Å². The minimum Gasteiger partial charge on any atom is -0.508 e. The Morgan fingerprint density at radius 1 is 1.04 bits per heavy atom. The highest BCUT2D eigenvalue weighted by molar-refractivity contribution is 6.17. The Balaban J connectivity index is 2.29. The van der Waals surface area contributed by atoms with Gasteiger partial charge in [0.2, 0.25) is 0 Å². The van der Waals surface area contributed by atoms with E-state index < -0.39 is 0 Å². The van der Waals surface area contributed by atoms with Crippen LogP contribution >= 0.6 is 0 Å². The zero-order chi connectivity index (χ0) is 17.9. The lowest BCUT2D eigenvalue weighted by Gasteiger charge is -2.12. The van der Waals surface area contributed by atoms with Crippen LogP contribution in [0.3, 0.4) is 0 Å². The van der Waals surface area contributed by atoms with Crippen molar-refractivity contribution < 1.29 is 9.67 Å². The molecule has 0 saturated carbocycles. The summed E-state index contributed by atoms with van der Waals surface area (Å²) in [4.78, 5) is 0. The lowest BCUT2D eigenvalue weighted by Crippen LogP contribution is -2.35. The molecule has 0 aliphatic heterocycles. The molecule has 2 aromatic carbocycles. The van der Waals surface area contributed by atoms with Gasteiger partial charge in [0, 0.05) is 34.3 Å². The van der Waals surface area contributed by atoms with Crippen molar-refractivity contribution >= 4 is 32.6 Å². The molecule has 0 spiro atoms. The lowest BCUT2D eigenvalue weighted by molar-refractivity contribution is -0.715. The molecule has 0 fully saturated rings. The summed E-state index contributed by atoms with van der Waals surface area (Å²) in [7, 11) is 0. The summed E-state index contributed by atoms with van der Waals surface area (Å²) >= 11 is 0. The van der Waals surface area contributed by atoms with E-state index in [0.29, 0.717) is 11.8 Å². The Morgan fingerprint density at radius 2 is 1.80 bits per heavy atom. The Bertz CT molecular complexity index is 1140. The van der Waals surface area contributed by atoms with Crippen molar-refractivity contribution in [2.75, 3.05) is 0 Å². The van der Waals surface area contributed by atoms with Gasteiger partial charge in [-0.1, -0.05) is 0 Å². The van der Waals surface area contributed by atoms with Crippen LogP contribution in [0, 0.1) is 13.8 Å². The zero-order valence-electron chi connectivity index (χ0n) is 15.6. The van der Waals surface area contributed by atoms with Crippen molar-refractivity contribution in [3.8, 4) is 5.75 Å². The SMILES string of the molecule is CCn1c2ccc(O)cc2c2c(C)c3c[n+](C(C)C)ccc3c(C)c21. The summed E-state index contributed by atoms with van der Waals surface area (Å²) < 4.78 is 4.63. The quantitative estimate of drug-likeness (QED) is 0.504. The standard InChI is InChI=1S/C22H24N2O/c1-6-24-20-8-7-16(25)11-18(20)21-14(4)19-12-23(13(2)3)10-9-17(19)15(5)22(21)24/h7-13H,6H2,1-5H3/p+1. The molecule has 0 amide bonds. The van der Waals surface area contributed by atoms with E-state index in [2.05, 4.69) is 62.2 Å². The fraction of sp³-hybridized carbons (Fsp3) is 0.318. The second-order valence-corrected chi connectivity index (χ2v) is 7.23. The summed E-state index contributed by atoms with van der Waals surface area (Å²) in [5, 5.41) is 15.1. The summed E-state index contributed by atoms with van der Waals surface area (Å²) in [6, 6.07) is 8.39. The van der Waals surface area contributed by atoms with E-state index >= 15 is 0 Å². The molecule has 128 valence electrons. The predicted octanol–water partition coefficient (Wildman–Crippen LogP) is 5.16. The van der Waals surface area contributed by atoms with E-state index in [4.69, 9.17) is 0 Å². The van der Waals surface area contributed by atoms with Crippen molar-refractivity contribution in [3.05, 3.63) is 47.8 Å². The van der Waals surface area contributed by atoms with Crippen LogP contribution in [-0.2, 0) is 6.54 Å². The van der Waals surface area contributed by atoms with Crippen molar-refractivity contribution in [3.63, 3.8) is 0 Å². The van der Waals surface area contributed by atoms with Gasteiger partial charge in [0.25, 0.3) is 0 Å². The van der Waals surface area contributed by atoms with E-state index in [-0.39, 0.29) is 0 Å². The highest BCUT2D eigenvalue weighted by Gasteiger charge is 2.20. The van der Waals surface area contributed by atoms with Gasteiger partial charge >= 0.3 is 0 Å². The van der Waals surface area contributed by atoms with E-state index in [1.54, 1.807) is 6.07 Å². The number of aromatic hydroxyl groups is 1. The molecule has 3 heteroatoms. The minimum absolute atomic E-state index is 0.324. The van der Waals surface area contributed by atoms with Gasteiger partial charge in [-0.2, -0.15) is 0 Å². The maximum Gasteiger partial charge on any atom is 0.177 e. The predicted molar refractivity (Wildman–Crippen MR) is 104 cm³/mol. The normalized spacial score (nSPS) is 12.1. The van der Waals surface area contributed by atoms with E-state index in [9.17, 15) is 5.11 Å². The molecule has 1 N–H and O–H groups in total. The number of fused-ring (bicyclic) bond motifs is 4. The Morgan fingerprint density at radius 3 is 2.48 bits per heavy atom. The lowest BCUT2D eigenvalue weighted by atomic mass is 9.96. The first-order valence-corrected chi connectivity index (χ1v) is 9.02. The molecule has 0 radical (unpaired) electrons. The maximum atomic E-state index is 10.0. The van der Waals surface area contributed by atoms with Gasteiger partial charge in [-0.25, -0.2) is 4.57 Å². The molecule has 3 nitrogen and oxygen atoms in total. The van der Waals surface area contributed by atoms with Crippen LogP contribution in [-0.4, -0.2) is 9.67 Å². The topological polar surface area (TPSA) is 29.0 Å². The molecular weight excluding hydrogens is 308 g/mol. The number of aromatic nitrogens is 2. The number of rotatable bonds is 2. The monoisotopic (exact) mass is 333 g/mol. The van der Waals surface area contributed by atoms with Crippen LogP contribution in [0.4, 0.5) is 0 Å². The van der Waals surface area contributed by atoms with E-state index in [1.807, 2.05) is 12.1 Å². The molecule has 0 aliphatic rings. The Kier molecular flexibility index (Phi) is 3.50. The zero-order valence-corrected chi connectivity index (χ0v) is 15.6. The molecular formula is C22H25N2O+. The Hall–Kier alpha value is -2.55. The van der Waals surface area contributed by atoms with Crippen molar-refractivity contribution in [1.29, 1.82) is 0 Å². The van der Waals surface area contributed by atoms with Crippen LogP contribution < -0.4 is 4.57 Å². The number of benzene rings is 2. The number of nitrogens with zero attached hydrogens (tertiary/aromatic N) is 2. The van der Waals surface area contributed by atoms with Gasteiger partial charge in [0.15, 0.2) is 18.4 Å². The number of phenolic OH excluding ortho intramolecular Hbond substituents is 1. The van der Waals surface area contributed by atoms with Crippen LogP contribution in [0.2, 0.25) is 0 Å². The van der Waals surface area contributed by atoms with E-state index in [0.717, 1.165) is 11.9 Å². The molecule has 0 aliphatic carbocycles. The second-order valence-electron chi connectivity index (χ2n) is 7.23. The highest BCUT2D eigenvalue weighted by Crippen LogP contribution is 2.39. The van der Waals surface area contributed by atoms with Gasteiger partial charge in [-0.05, 0) is 69.3 Å². The third-order valence-corrected chi connectivity index (χ3v) is 5.48.